The molecule has 0 fully saturated rings. The Morgan fingerprint density at radius 3 is 1.91 bits per heavy atom. The van der Waals surface area contributed by atoms with Gasteiger partial charge in [0.25, 0.3) is 0 Å². The lowest BCUT2D eigenvalue weighted by Gasteiger charge is -2.23. The van der Waals surface area contributed by atoms with Crippen LogP contribution in [0.2, 0.25) is 0 Å². The van der Waals surface area contributed by atoms with Gasteiger partial charge >= 0.3 is 0 Å². The van der Waals surface area contributed by atoms with Gasteiger partial charge in [-0.05, 0) is 73.5 Å². The molecule has 1 heterocycles. The summed E-state index contributed by atoms with van der Waals surface area (Å²) in [6.07, 6.45) is 0. The average Bonchev–Trinajstić information content (AvgIpc) is 3.38. The number of rotatable bonds is 4. The summed E-state index contributed by atoms with van der Waals surface area (Å²) in [5.41, 5.74) is 14.1. The van der Waals surface area contributed by atoms with Gasteiger partial charge in [-0.15, -0.1) is 0 Å². The Balaban J connectivity index is 1.17. The van der Waals surface area contributed by atoms with E-state index in [0.717, 1.165) is 39.1 Å². The van der Waals surface area contributed by atoms with Crippen molar-refractivity contribution in [1.82, 2.24) is 9.97 Å². The van der Waals surface area contributed by atoms with Crippen molar-refractivity contribution in [3.8, 4) is 56.0 Å². The first-order valence-electron chi connectivity index (χ1n) is 16.3. The van der Waals surface area contributed by atoms with E-state index in [4.69, 9.17) is 9.97 Å². The molecule has 7 aromatic carbocycles. The first-order chi connectivity index (χ1) is 23.0. The predicted molar refractivity (Wildman–Crippen MR) is 196 cm³/mol. The monoisotopic (exact) mass is 600 g/mol. The lowest BCUT2D eigenvalue weighted by atomic mass is 9.80. The molecule has 0 saturated heterocycles. The molecular formula is C45H32N2. The second kappa shape index (κ2) is 10.6. The Hall–Kier alpha value is -5.86. The number of fused-ring (bicyclic) bond motifs is 6. The summed E-state index contributed by atoms with van der Waals surface area (Å²) in [5.74, 6) is 0.729. The molecule has 0 saturated carbocycles. The van der Waals surface area contributed by atoms with Crippen molar-refractivity contribution >= 4 is 21.7 Å². The standard InChI is InChI=1S/C45H32N2/c1-45(2)40-17-8-6-15-36(40)37-26-25-32-23-24-34(28-39(32)42(37)45)43-38-16-7-9-18-41(38)46-44(47-43)35-14-10-13-33(27-35)31-21-19-30(20-22-31)29-11-4-3-5-12-29/h3-28H,1-2H3. The number of para-hydroxylation sites is 1. The van der Waals surface area contributed by atoms with E-state index in [1.165, 1.54) is 49.7 Å². The highest BCUT2D eigenvalue weighted by atomic mass is 14.9. The van der Waals surface area contributed by atoms with Gasteiger partial charge in [0.15, 0.2) is 5.82 Å². The van der Waals surface area contributed by atoms with Crippen molar-refractivity contribution in [3.05, 3.63) is 169 Å². The van der Waals surface area contributed by atoms with Crippen LogP contribution in [0, 0.1) is 0 Å². The van der Waals surface area contributed by atoms with Gasteiger partial charge in [-0.25, -0.2) is 9.97 Å². The van der Waals surface area contributed by atoms with Gasteiger partial charge in [-0.2, -0.15) is 0 Å². The van der Waals surface area contributed by atoms with Crippen LogP contribution in [-0.4, -0.2) is 9.97 Å². The summed E-state index contributed by atoms with van der Waals surface area (Å²) in [7, 11) is 0. The minimum atomic E-state index is -0.0945. The first kappa shape index (κ1) is 27.5. The third-order valence-electron chi connectivity index (χ3n) is 9.86. The lowest BCUT2D eigenvalue weighted by molar-refractivity contribution is 0.666. The molecule has 2 heteroatoms. The Kier molecular flexibility index (Phi) is 6.20. The number of hydrogen-bond acceptors (Lipinski definition) is 2. The average molecular weight is 601 g/mol. The van der Waals surface area contributed by atoms with E-state index in [1.807, 2.05) is 0 Å². The third-order valence-corrected chi connectivity index (χ3v) is 9.86. The molecule has 2 nitrogen and oxygen atoms in total. The Bertz CT molecular complexity index is 2470. The van der Waals surface area contributed by atoms with Crippen molar-refractivity contribution in [2.75, 3.05) is 0 Å². The summed E-state index contributed by atoms with van der Waals surface area (Å²) in [5, 5.41) is 3.59. The molecule has 0 aliphatic heterocycles. The molecule has 0 spiro atoms. The van der Waals surface area contributed by atoms with Crippen LogP contribution in [0.25, 0.3) is 77.7 Å². The predicted octanol–water partition coefficient (Wildman–Crippen LogP) is 11.8. The van der Waals surface area contributed by atoms with Crippen LogP contribution in [0.15, 0.2) is 158 Å². The van der Waals surface area contributed by atoms with Gasteiger partial charge in [0.2, 0.25) is 0 Å². The molecule has 0 radical (unpaired) electrons. The second-order valence-corrected chi connectivity index (χ2v) is 13.0. The van der Waals surface area contributed by atoms with Gasteiger partial charge < -0.3 is 0 Å². The quantitative estimate of drug-likeness (QED) is 0.201. The van der Waals surface area contributed by atoms with Gasteiger partial charge in [-0.3, -0.25) is 0 Å². The van der Waals surface area contributed by atoms with E-state index in [1.54, 1.807) is 0 Å². The molecule has 1 aromatic heterocycles. The highest BCUT2D eigenvalue weighted by Gasteiger charge is 2.36. The molecule has 0 N–H and O–H groups in total. The summed E-state index contributed by atoms with van der Waals surface area (Å²) >= 11 is 0. The molecule has 47 heavy (non-hydrogen) atoms. The molecule has 0 amide bonds. The largest absolute Gasteiger partial charge is 0.228 e. The summed E-state index contributed by atoms with van der Waals surface area (Å²) < 4.78 is 0. The van der Waals surface area contributed by atoms with Crippen molar-refractivity contribution in [2.24, 2.45) is 0 Å². The maximum absolute atomic E-state index is 5.30. The smallest absolute Gasteiger partial charge is 0.160 e. The van der Waals surface area contributed by atoms with Crippen molar-refractivity contribution in [3.63, 3.8) is 0 Å². The maximum Gasteiger partial charge on any atom is 0.160 e. The Labute approximate surface area is 275 Å². The van der Waals surface area contributed by atoms with Crippen LogP contribution in [0.3, 0.4) is 0 Å². The van der Waals surface area contributed by atoms with Crippen LogP contribution >= 0.6 is 0 Å². The van der Waals surface area contributed by atoms with E-state index < -0.39 is 0 Å². The van der Waals surface area contributed by atoms with Crippen molar-refractivity contribution < 1.29 is 0 Å². The minimum Gasteiger partial charge on any atom is -0.228 e. The van der Waals surface area contributed by atoms with Crippen LogP contribution in [0.4, 0.5) is 0 Å². The zero-order valence-electron chi connectivity index (χ0n) is 26.4. The Morgan fingerprint density at radius 2 is 1.06 bits per heavy atom. The molecule has 1 aliphatic carbocycles. The van der Waals surface area contributed by atoms with E-state index in [-0.39, 0.29) is 5.41 Å². The molecule has 8 aromatic rings. The zero-order valence-corrected chi connectivity index (χ0v) is 26.4. The van der Waals surface area contributed by atoms with E-state index in [2.05, 4.69) is 172 Å². The molecule has 0 unspecified atom stereocenters. The molecule has 0 bridgehead atoms. The fourth-order valence-electron chi connectivity index (χ4n) is 7.51. The fraction of sp³-hybridized carbons (Fsp3) is 0.0667. The summed E-state index contributed by atoms with van der Waals surface area (Å²) in [6, 6.07) is 56.4. The highest BCUT2D eigenvalue weighted by Crippen LogP contribution is 2.51. The number of hydrogen-bond donors (Lipinski definition) is 0. The zero-order chi connectivity index (χ0) is 31.5. The number of aromatic nitrogens is 2. The van der Waals surface area contributed by atoms with Crippen molar-refractivity contribution in [1.29, 1.82) is 0 Å². The molecule has 9 rings (SSSR count). The third kappa shape index (κ3) is 4.48. The van der Waals surface area contributed by atoms with Crippen molar-refractivity contribution in [2.45, 2.75) is 19.3 Å². The highest BCUT2D eigenvalue weighted by molar-refractivity contribution is 6.01. The number of benzene rings is 7. The summed E-state index contributed by atoms with van der Waals surface area (Å²) in [6.45, 7) is 4.70. The maximum atomic E-state index is 5.30. The molecule has 222 valence electrons. The van der Waals surface area contributed by atoms with E-state index >= 15 is 0 Å². The lowest BCUT2D eigenvalue weighted by Crippen LogP contribution is -2.15. The fourth-order valence-corrected chi connectivity index (χ4v) is 7.51. The molecule has 1 aliphatic rings. The number of nitrogens with zero attached hydrogens (tertiary/aromatic N) is 2. The second-order valence-electron chi connectivity index (χ2n) is 13.0. The van der Waals surface area contributed by atoms with Crippen LogP contribution < -0.4 is 0 Å². The minimum absolute atomic E-state index is 0.0945. The Morgan fingerprint density at radius 1 is 0.426 bits per heavy atom. The van der Waals surface area contributed by atoms with Crippen LogP contribution in [0.1, 0.15) is 25.0 Å². The summed E-state index contributed by atoms with van der Waals surface area (Å²) in [4.78, 5) is 10.4. The van der Waals surface area contributed by atoms with E-state index in [9.17, 15) is 0 Å². The van der Waals surface area contributed by atoms with Gasteiger partial charge in [0.05, 0.1) is 11.2 Å². The topological polar surface area (TPSA) is 25.8 Å². The van der Waals surface area contributed by atoms with Crippen LogP contribution in [0.5, 0.6) is 0 Å². The first-order valence-corrected chi connectivity index (χ1v) is 16.3. The van der Waals surface area contributed by atoms with Crippen LogP contribution in [-0.2, 0) is 5.41 Å². The molecule has 0 atom stereocenters. The van der Waals surface area contributed by atoms with E-state index in [0.29, 0.717) is 0 Å². The van der Waals surface area contributed by atoms with Gasteiger partial charge in [0.1, 0.15) is 0 Å². The van der Waals surface area contributed by atoms with Gasteiger partial charge in [0, 0.05) is 21.9 Å². The SMILES string of the molecule is CC1(C)c2ccccc2-c2ccc3ccc(-c4nc(-c5cccc(-c6ccc(-c7ccccc7)cc6)c5)nc5ccccc45)cc3c21. The molecular weight excluding hydrogens is 569 g/mol. The van der Waals surface area contributed by atoms with Gasteiger partial charge in [-0.1, -0.05) is 153 Å². The normalized spacial score (nSPS) is 13.1.